The quantitative estimate of drug-likeness (QED) is 0.520. The highest BCUT2D eigenvalue weighted by Crippen LogP contribution is 2.13. The minimum absolute atomic E-state index is 0.456. The van der Waals surface area contributed by atoms with Crippen LogP contribution in [0.4, 0.5) is 0 Å². The summed E-state index contributed by atoms with van der Waals surface area (Å²) in [5.74, 6) is -2.10. The SMILES string of the molecule is O=C(OOC(=O)C1C=CC=C1)C1C=CC=C1. The van der Waals surface area contributed by atoms with Crippen LogP contribution in [0, 0.1) is 11.8 Å². The van der Waals surface area contributed by atoms with Gasteiger partial charge in [0.2, 0.25) is 0 Å². The average Bonchev–Trinajstić information content (AvgIpc) is 2.95. The Morgan fingerprint density at radius 3 is 1.31 bits per heavy atom. The Morgan fingerprint density at radius 1 is 0.688 bits per heavy atom. The molecule has 82 valence electrons. The normalized spacial score (nSPS) is 18.2. The van der Waals surface area contributed by atoms with Gasteiger partial charge in [0.15, 0.2) is 0 Å². The lowest BCUT2D eigenvalue weighted by Crippen LogP contribution is -2.19. The highest BCUT2D eigenvalue weighted by atomic mass is 17.2. The van der Waals surface area contributed by atoms with E-state index in [0.29, 0.717) is 0 Å². The summed E-state index contributed by atoms with van der Waals surface area (Å²) in [5.41, 5.74) is 0. The summed E-state index contributed by atoms with van der Waals surface area (Å²) in [4.78, 5) is 31.5. The number of hydrogen-bond donors (Lipinski definition) is 0. The van der Waals surface area contributed by atoms with Crippen molar-refractivity contribution in [3.05, 3.63) is 48.6 Å². The van der Waals surface area contributed by atoms with Crippen LogP contribution in [-0.4, -0.2) is 11.9 Å². The van der Waals surface area contributed by atoms with Crippen molar-refractivity contribution >= 4 is 11.9 Å². The Morgan fingerprint density at radius 2 is 1.00 bits per heavy atom. The van der Waals surface area contributed by atoms with Gasteiger partial charge in [-0.05, 0) is 0 Å². The second-order valence-electron chi connectivity index (χ2n) is 3.40. The molecular weight excluding hydrogens is 208 g/mol. The molecule has 0 saturated heterocycles. The van der Waals surface area contributed by atoms with E-state index in [1.807, 2.05) is 0 Å². The number of carbonyl (C=O) groups is 2. The molecule has 0 N–H and O–H groups in total. The molecule has 4 heteroatoms. The minimum Gasteiger partial charge on any atom is -0.246 e. The van der Waals surface area contributed by atoms with Crippen molar-refractivity contribution < 1.29 is 19.4 Å². The monoisotopic (exact) mass is 218 g/mol. The van der Waals surface area contributed by atoms with Gasteiger partial charge in [0.05, 0.1) is 11.8 Å². The first-order valence-corrected chi connectivity index (χ1v) is 4.89. The lowest BCUT2D eigenvalue weighted by molar-refractivity contribution is -0.261. The van der Waals surface area contributed by atoms with Crippen LogP contribution in [0.3, 0.4) is 0 Å². The maximum Gasteiger partial charge on any atom is 0.366 e. The van der Waals surface area contributed by atoms with Gasteiger partial charge in [-0.25, -0.2) is 19.4 Å². The van der Waals surface area contributed by atoms with Crippen molar-refractivity contribution in [3.8, 4) is 0 Å². The van der Waals surface area contributed by atoms with Crippen LogP contribution in [0.1, 0.15) is 0 Å². The van der Waals surface area contributed by atoms with E-state index in [1.165, 1.54) is 0 Å². The Balaban J connectivity index is 1.78. The fourth-order valence-electron chi connectivity index (χ4n) is 1.37. The van der Waals surface area contributed by atoms with E-state index in [9.17, 15) is 9.59 Å². The Kier molecular flexibility index (Phi) is 3.00. The van der Waals surface area contributed by atoms with Gasteiger partial charge in [-0.3, -0.25) is 0 Å². The molecule has 2 aliphatic rings. The molecule has 0 aromatic rings. The summed E-state index contributed by atoms with van der Waals surface area (Å²) < 4.78 is 0. The molecule has 2 rings (SSSR count). The molecule has 0 aliphatic heterocycles. The predicted octanol–water partition coefficient (Wildman–Crippen LogP) is 1.47. The van der Waals surface area contributed by atoms with Gasteiger partial charge in [0, 0.05) is 0 Å². The van der Waals surface area contributed by atoms with Crippen molar-refractivity contribution in [2.75, 3.05) is 0 Å². The first-order valence-electron chi connectivity index (χ1n) is 4.89. The van der Waals surface area contributed by atoms with Gasteiger partial charge in [0.25, 0.3) is 0 Å². The van der Waals surface area contributed by atoms with Crippen molar-refractivity contribution in [2.45, 2.75) is 0 Å². The molecule has 0 aromatic carbocycles. The van der Waals surface area contributed by atoms with Crippen LogP contribution < -0.4 is 0 Å². The van der Waals surface area contributed by atoms with Gasteiger partial charge < -0.3 is 0 Å². The van der Waals surface area contributed by atoms with Crippen LogP contribution in [0.15, 0.2) is 48.6 Å². The maximum absolute atomic E-state index is 11.3. The Labute approximate surface area is 92.5 Å². The number of allylic oxidation sites excluding steroid dienone is 4. The molecule has 0 atom stereocenters. The number of carbonyl (C=O) groups excluding carboxylic acids is 2. The summed E-state index contributed by atoms with van der Waals surface area (Å²) in [6.07, 6.45) is 13.6. The van der Waals surface area contributed by atoms with Gasteiger partial charge in [-0.1, -0.05) is 48.6 Å². The standard InChI is InChI=1S/C12H10O4/c13-11(9-5-1-2-6-9)15-16-12(14)10-7-3-4-8-10/h1-10H. The van der Waals surface area contributed by atoms with E-state index < -0.39 is 23.8 Å². The van der Waals surface area contributed by atoms with Crippen LogP contribution in [-0.2, 0) is 19.4 Å². The zero-order chi connectivity index (χ0) is 11.4. The fraction of sp³-hybridized carbons (Fsp3) is 0.167. The third kappa shape index (κ3) is 2.28. The molecule has 4 nitrogen and oxygen atoms in total. The molecule has 0 radical (unpaired) electrons. The molecule has 0 saturated carbocycles. The first-order chi connectivity index (χ1) is 7.77. The fourth-order valence-corrected chi connectivity index (χ4v) is 1.37. The molecule has 0 aromatic heterocycles. The highest BCUT2D eigenvalue weighted by molar-refractivity contribution is 5.80. The van der Waals surface area contributed by atoms with Crippen molar-refractivity contribution in [3.63, 3.8) is 0 Å². The summed E-state index contributed by atoms with van der Waals surface area (Å²) in [5, 5.41) is 0. The minimum atomic E-state index is -0.593. The smallest absolute Gasteiger partial charge is 0.246 e. The second kappa shape index (κ2) is 4.61. The number of hydrogen-bond acceptors (Lipinski definition) is 4. The zero-order valence-corrected chi connectivity index (χ0v) is 8.41. The molecule has 0 spiro atoms. The summed E-state index contributed by atoms with van der Waals surface area (Å²) in [6.45, 7) is 0. The lowest BCUT2D eigenvalue weighted by Gasteiger charge is -2.06. The van der Waals surface area contributed by atoms with Crippen LogP contribution >= 0.6 is 0 Å². The van der Waals surface area contributed by atoms with Crippen molar-refractivity contribution in [1.82, 2.24) is 0 Å². The number of rotatable bonds is 2. The lowest BCUT2D eigenvalue weighted by atomic mass is 10.2. The van der Waals surface area contributed by atoms with E-state index in [0.717, 1.165) is 0 Å². The van der Waals surface area contributed by atoms with Crippen LogP contribution in [0.2, 0.25) is 0 Å². The third-order valence-corrected chi connectivity index (χ3v) is 2.25. The molecule has 0 fully saturated rings. The van der Waals surface area contributed by atoms with E-state index in [1.54, 1.807) is 48.6 Å². The topological polar surface area (TPSA) is 52.6 Å². The summed E-state index contributed by atoms with van der Waals surface area (Å²) in [7, 11) is 0. The summed E-state index contributed by atoms with van der Waals surface area (Å²) >= 11 is 0. The van der Waals surface area contributed by atoms with E-state index in [-0.39, 0.29) is 0 Å². The van der Waals surface area contributed by atoms with Gasteiger partial charge in [-0.15, -0.1) is 0 Å². The molecule has 2 aliphatic carbocycles. The largest absolute Gasteiger partial charge is 0.366 e. The second-order valence-corrected chi connectivity index (χ2v) is 3.40. The molecular formula is C12H10O4. The average molecular weight is 218 g/mol. The van der Waals surface area contributed by atoms with Crippen molar-refractivity contribution in [1.29, 1.82) is 0 Å². The Hall–Kier alpha value is -2.10. The zero-order valence-electron chi connectivity index (χ0n) is 8.41. The van der Waals surface area contributed by atoms with Crippen LogP contribution in [0.5, 0.6) is 0 Å². The van der Waals surface area contributed by atoms with Gasteiger partial charge in [-0.2, -0.15) is 0 Å². The molecule has 0 amide bonds. The highest BCUT2D eigenvalue weighted by Gasteiger charge is 2.22. The van der Waals surface area contributed by atoms with E-state index >= 15 is 0 Å². The molecule has 16 heavy (non-hydrogen) atoms. The predicted molar refractivity (Wildman–Crippen MR) is 55.7 cm³/mol. The van der Waals surface area contributed by atoms with Crippen molar-refractivity contribution in [2.24, 2.45) is 11.8 Å². The molecule has 0 heterocycles. The van der Waals surface area contributed by atoms with E-state index in [2.05, 4.69) is 9.78 Å². The van der Waals surface area contributed by atoms with Crippen LogP contribution in [0.25, 0.3) is 0 Å². The molecule has 0 bridgehead atoms. The summed E-state index contributed by atoms with van der Waals surface area (Å²) in [6, 6.07) is 0. The van der Waals surface area contributed by atoms with Gasteiger partial charge in [0.1, 0.15) is 0 Å². The Bertz CT molecular complexity index is 351. The third-order valence-electron chi connectivity index (χ3n) is 2.25. The maximum atomic E-state index is 11.3. The van der Waals surface area contributed by atoms with Gasteiger partial charge >= 0.3 is 11.9 Å². The first kappa shape index (κ1) is 10.4. The van der Waals surface area contributed by atoms with E-state index in [4.69, 9.17) is 0 Å². The molecule has 0 unspecified atom stereocenters.